The van der Waals surface area contributed by atoms with Gasteiger partial charge in [0.05, 0.1) is 17.8 Å². The zero-order chi connectivity index (χ0) is 23.1. The van der Waals surface area contributed by atoms with Gasteiger partial charge in [-0.1, -0.05) is 54.1 Å². The summed E-state index contributed by atoms with van der Waals surface area (Å²) in [6, 6.07) is 21.7. The van der Waals surface area contributed by atoms with Crippen LogP contribution in [0.25, 0.3) is 44.3 Å². The normalized spacial score (nSPS) is 11.3. The van der Waals surface area contributed by atoms with E-state index in [0.29, 0.717) is 16.2 Å². The molecule has 0 atom stereocenters. The van der Waals surface area contributed by atoms with Gasteiger partial charge in [-0.05, 0) is 65.4 Å². The molecule has 0 fully saturated rings. The Morgan fingerprint density at radius 3 is 2.48 bits per heavy atom. The quantitative estimate of drug-likeness (QED) is 0.207. The Hall–Kier alpha value is -2.97. The number of nitrogens with zero attached hydrogens (tertiary/aromatic N) is 2. The highest BCUT2D eigenvalue weighted by Gasteiger charge is 2.25. The summed E-state index contributed by atoms with van der Waals surface area (Å²) < 4.78 is 21.9. The van der Waals surface area contributed by atoms with Crippen molar-refractivity contribution in [3.63, 3.8) is 0 Å². The van der Waals surface area contributed by atoms with Crippen molar-refractivity contribution in [3.05, 3.63) is 87.2 Å². The van der Waals surface area contributed by atoms with Gasteiger partial charge in [-0.2, -0.15) is 0 Å². The van der Waals surface area contributed by atoms with Crippen molar-refractivity contribution in [2.75, 3.05) is 6.61 Å². The van der Waals surface area contributed by atoms with E-state index >= 15 is 0 Å². The molecule has 2 aromatic heterocycles. The van der Waals surface area contributed by atoms with Crippen molar-refractivity contribution < 1.29 is 13.9 Å². The number of halogens is 3. The van der Waals surface area contributed by atoms with Crippen LogP contribution in [-0.2, 0) is 4.74 Å². The summed E-state index contributed by atoms with van der Waals surface area (Å²) in [6.07, 6.45) is -0.599. The second-order valence-electron chi connectivity index (χ2n) is 7.42. The molecule has 3 aromatic carbocycles. The highest BCUT2D eigenvalue weighted by atomic mass is 127. The first-order chi connectivity index (χ1) is 16.0. The van der Waals surface area contributed by atoms with E-state index in [9.17, 15) is 9.18 Å². The maximum absolute atomic E-state index is 14.3. The van der Waals surface area contributed by atoms with Crippen LogP contribution < -0.4 is 0 Å². The molecule has 2 heterocycles. The topological polar surface area (TPSA) is 44.1 Å². The smallest absolute Gasteiger partial charge is 0.420 e. The Balaban J connectivity index is 1.99. The van der Waals surface area contributed by atoms with Gasteiger partial charge < -0.3 is 4.74 Å². The number of aromatic nitrogens is 2. The highest BCUT2D eigenvalue weighted by Crippen LogP contribution is 2.42. The summed E-state index contributed by atoms with van der Waals surface area (Å²) in [7, 11) is 0. The average molecular weight is 571 g/mol. The van der Waals surface area contributed by atoms with Crippen molar-refractivity contribution >= 4 is 62.2 Å². The lowest BCUT2D eigenvalue weighted by Crippen LogP contribution is -2.14. The molecule has 33 heavy (non-hydrogen) atoms. The number of carbonyl (C=O) groups excluding carboxylic acids is 1. The fourth-order valence-electron chi connectivity index (χ4n) is 4.03. The van der Waals surface area contributed by atoms with Gasteiger partial charge in [0.15, 0.2) is 5.65 Å². The molecule has 0 bridgehead atoms. The Bertz CT molecular complexity index is 1520. The number of ether oxygens (including phenoxy) is 1. The summed E-state index contributed by atoms with van der Waals surface area (Å²) >= 11 is 8.45. The van der Waals surface area contributed by atoms with Crippen LogP contribution in [0.2, 0.25) is 5.02 Å². The standard InChI is InChI=1S/C26H17ClFIN2O2/c1-2-33-26(32)31-20-14-18(28)12-13-19(20)22-21(15-8-10-17(27)11-9-15)23(29)24(30-25(22)31)16-6-4-3-5-7-16/h3-14H,2H2,1H3. The van der Waals surface area contributed by atoms with Crippen LogP contribution in [0.3, 0.4) is 0 Å². The first-order valence-electron chi connectivity index (χ1n) is 10.3. The first-order valence-corrected chi connectivity index (χ1v) is 11.8. The molecule has 0 N–H and O–H groups in total. The molecule has 4 nitrogen and oxygen atoms in total. The molecule has 0 spiro atoms. The number of benzene rings is 3. The van der Waals surface area contributed by atoms with Crippen molar-refractivity contribution in [3.8, 4) is 22.4 Å². The van der Waals surface area contributed by atoms with Gasteiger partial charge in [-0.15, -0.1) is 0 Å². The van der Waals surface area contributed by atoms with E-state index in [1.165, 1.54) is 16.7 Å². The lowest BCUT2D eigenvalue weighted by molar-refractivity contribution is 0.156. The second kappa shape index (κ2) is 8.76. The van der Waals surface area contributed by atoms with E-state index < -0.39 is 11.9 Å². The second-order valence-corrected chi connectivity index (χ2v) is 8.93. The zero-order valence-corrected chi connectivity index (χ0v) is 20.4. The molecule has 0 saturated heterocycles. The first kappa shape index (κ1) is 21.9. The Morgan fingerprint density at radius 2 is 1.79 bits per heavy atom. The highest BCUT2D eigenvalue weighted by molar-refractivity contribution is 14.1. The maximum Gasteiger partial charge on any atom is 0.420 e. The fourth-order valence-corrected chi connectivity index (χ4v) is 5.17. The Labute approximate surface area is 208 Å². The van der Waals surface area contributed by atoms with Crippen LogP contribution in [-0.4, -0.2) is 22.3 Å². The molecule has 7 heteroatoms. The minimum atomic E-state index is -0.599. The minimum absolute atomic E-state index is 0.190. The van der Waals surface area contributed by atoms with Crippen molar-refractivity contribution in [1.29, 1.82) is 0 Å². The van der Waals surface area contributed by atoms with Gasteiger partial charge in [0.25, 0.3) is 0 Å². The van der Waals surface area contributed by atoms with Gasteiger partial charge in [0, 0.05) is 30.5 Å². The van der Waals surface area contributed by atoms with E-state index in [0.717, 1.165) is 36.7 Å². The average Bonchev–Trinajstić information content (AvgIpc) is 3.13. The van der Waals surface area contributed by atoms with Crippen LogP contribution in [0.5, 0.6) is 0 Å². The van der Waals surface area contributed by atoms with Crippen molar-refractivity contribution in [2.45, 2.75) is 6.92 Å². The lowest BCUT2D eigenvalue weighted by Gasteiger charge is -2.13. The summed E-state index contributed by atoms with van der Waals surface area (Å²) in [4.78, 5) is 18.0. The van der Waals surface area contributed by atoms with Crippen LogP contribution in [0.1, 0.15) is 6.92 Å². The summed E-state index contributed by atoms with van der Waals surface area (Å²) in [5, 5.41) is 2.09. The van der Waals surface area contributed by atoms with Gasteiger partial charge in [-0.25, -0.2) is 18.7 Å². The van der Waals surface area contributed by atoms with Gasteiger partial charge in [-0.3, -0.25) is 0 Å². The van der Waals surface area contributed by atoms with Crippen molar-refractivity contribution in [2.24, 2.45) is 0 Å². The van der Waals surface area contributed by atoms with E-state index in [4.69, 9.17) is 21.3 Å². The van der Waals surface area contributed by atoms with Crippen LogP contribution in [0.15, 0.2) is 72.8 Å². The van der Waals surface area contributed by atoms with Gasteiger partial charge >= 0.3 is 6.09 Å². The van der Waals surface area contributed by atoms with E-state index in [1.807, 2.05) is 54.6 Å². The third-order valence-corrected chi connectivity index (χ3v) is 6.73. The van der Waals surface area contributed by atoms with E-state index in [1.54, 1.807) is 13.0 Å². The largest absolute Gasteiger partial charge is 0.449 e. The monoisotopic (exact) mass is 570 g/mol. The molecule has 5 aromatic rings. The Morgan fingerprint density at radius 1 is 1.06 bits per heavy atom. The lowest BCUT2D eigenvalue weighted by atomic mass is 9.98. The molecule has 164 valence electrons. The molecule has 0 unspecified atom stereocenters. The van der Waals surface area contributed by atoms with Gasteiger partial charge in [0.1, 0.15) is 5.82 Å². The Kier molecular flexibility index (Phi) is 5.80. The number of hydrogen-bond acceptors (Lipinski definition) is 3. The number of fused-ring (bicyclic) bond motifs is 3. The van der Waals surface area contributed by atoms with Crippen molar-refractivity contribution in [1.82, 2.24) is 9.55 Å². The van der Waals surface area contributed by atoms with E-state index in [-0.39, 0.29) is 6.61 Å². The number of hydrogen-bond donors (Lipinski definition) is 0. The predicted octanol–water partition coefficient (Wildman–Crippen LogP) is 7.93. The molecule has 0 saturated carbocycles. The minimum Gasteiger partial charge on any atom is -0.449 e. The third kappa shape index (κ3) is 3.77. The number of rotatable bonds is 3. The SMILES string of the molecule is CCOC(=O)n1c2cc(F)ccc2c2c(-c3ccc(Cl)cc3)c(I)c(-c3ccccc3)nc21. The van der Waals surface area contributed by atoms with Crippen LogP contribution in [0, 0.1) is 9.39 Å². The predicted molar refractivity (Wildman–Crippen MR) is 138 cm³/mol. The number of pyridine rings is 1. The maximum atomic E-state index is 14.3. The molecule has 0 aliphatic heterocycles. The third-order valence-electron chi connectivity index (χ3n) is 5.43. The number of carbonyl (C=O) groups is 1. The fraction of sp³-hybridized carbons (Fsp3) is 0.0769. The molecular weight excluding hydrogens is 554 g/mol. The van der Waals surface area contributed by atoms with E-state index in [2.05, 4.69) is 22.6 Å². The summed E-state index contributed by atoms with van der Waals surface area (Å²) in [5.74, 6) is -0.443. The summed E-state index contributed by atoms with van der Waals surface area (Å²) in [6.45, 7) is 1.92. The van der Waals surface area contributed by atoms with Gasteiger partial charge in [0.2, 0.25) is 0 Å². The summed E-state index contributed by atoms with van der Waals surface area (Å²) in [5.41, 5.74) is 4.27. The molecular formula is C26H17ClFIN2O2. The molecule has 0 aliphatic carbocycles. The molecule has 0 aliphatic rings. The molecule has 5 rings (SSSR count). The molecule has 0 radical (unpaired) electrons. The zero-order valence-electron chi connectivity index (χ0n) is 17.5. The van der Waals surface area contributed by atoms with Crippen LogP contribution >= 0.6 is 34.2 Å². The molecule has 0 amide bonds. The van der Waals surface area contributed by atoms with Crippen LogP contribution in [0.4, 0.5) is 9.18 Å².